The Morgan fingerprint density at radius 2 is 2.00 bits per heavy atom. The third-order valence-electron chi connectivity index (χ3n) is 2.91. The molecule has 0 radical (unpaired) electrons. The highest BCUT2D eigenvalue weighted by Gasteiger charge is 2.49. The van der Waals surface area contributed by atoms with Crippen molar-refractivity contribution in [2.45, 2.75) is 34.1 Å². The molecular weight excluding hydrogens is 164 g/mol. The van der Waals surface area contributed by atoms with Gasteiger partial charge in [0.25, 0.3) is 0 Å². The second-order valence-electron chi connectivity index (χ2n) is 4.91. The van der Waals surface area contributed by atoms with E-state index in [9.17, 15) is 4.79 Å². The van der Waals surface area contributed by atoms with Gasteiger partial charge < -0.3 is 5.11 Å². The molecule has 1 N–H and O–H groups in total. The third kappa shape index (κ3) is 1.93. The Hall–Kier alpha value is -0.790. The fourth-order valence-corrected chi connectivity index (χ4v) is 2.16. The van der Waals surface area contributed by atoms with Crippen molar-refractivity contribution < 1.29 is 9.90 Å². The molecule has 0 unspecified atom stereocenters. The number of hydrogen-bond donors (Lipinski definition) is 1. The van der Waals surface area contributed by atoms with Gasteiger partial charge in [-0.2, -0.15) is 0 Å². The molecule has 0 saturated heterocycles. The van der Waals surface area contributed by atoms with Crippen molar-refractivity contribution in [3.8, 4) is 0 Å². The molecule has 0 heterocycles. The van der Waals surface area contributed by atoms with Crippen LogP contribution in [0.5, 0.6) is 0 Å². The van der Waals surface area contributed by atoms with Gasteiger partial charge in [0.15, 0.2) is 0 Å². The lowest BCUT2D eigenvalue weighted by molar-refractivity contribution is -0.153. The summed E-state index contributed by atoms with van der Waals surface area (Å²) in [6.45, 7) is 8.31. The summed E-state index contributed by atoms with van der Waals surface area (Å²) in [5, 5.41) is 8.92. The lowest BCUT2D eigenvalue weighted by Gasteiger charge is -2.48. The molecule has 1 fully saturated rings. The molecule has 2 heteroatoms. The highest BCUT2D eigenvalue weighted by Crippen LogP contribution is 2.51. The molecule has 0 spiro atoms. The van der Waals surface area contributed by atoms with Gasteiger partial charge in [0.05, 0.1) is 5.92 Å². The maximum atomic E-state index is 10.8. The van der Waals surface area contributed by atoms with E-state index in [0.717, 1.165) is 6.42 Å². The van der Waals surface area contributed by atoms with Crippen molar-refractivity contribution >= 4 is 5.97 Å². The fourth-order valence-electron chi connectivity index (χ4n) is 2.16. The zero-order chi connectivity index (χ0) is 10.2. The van der Waals surface area contributed by atoms with Gasteiger partial charge in [-0.1, -0.05) is 25.5 Å². The molecule has 2 atom stereocenters. The first-order valence-electron chi connectivity index (χ1n) is 4.72. The lowest BCUT2D eigenvalue weighted by atomic mass is 9.55. The van der Waals surface area contributed by atoms with Crippen molar-refractivity contribution in [3.63, 3.8) is 0 Å². The van der Waals surface area contributed by atoms with Crippen molar-refractivity contribution in [2.75, 3.05) is 0 Å². The van der Waals surface area contributed by atoms with Gasteiger partial charge in [0.2, 0.25) is 0 Å². The van der Waals surface area contributed by atoms with Crippen LogP contribution in [0.25, 0.3) is 0 Å². The van der Waals surface area contributed by atoms with Crippen LogP contribution in [-0.4, -0.2) is 11.1 Å². The molecule has 0 amide bonds. The van der Waals surface area contributed by atoms with E-state index in [4.69, 9.17) is 5.11 Å². The predicted octanol–water partition coefficient (Wildman–Crippen LogP) is 2.70. The molecule has 1 aliphatic rings. The second-order valence-corrected chi connectivity index (χ2v) is 4.91. The van der Waals surface area contributed by atoms with E-state index in [1.165, 1.54) is 5.57 Å². The summed E-state index contributed by atoms with van der Waals surface area (Å²) in [5.74, 6) is -0.596. The van der Waals surface area contributed by atoms with Gasteiger partial charge in [-0.25, -0.2) is 0 Å². The summed E-state index contributed by atoms with van der Waals surface area (Å²) in [6.07, 6.45) is 2.90. The average Bonchev–Trinajstić information content (AvgIpc) is 1.96. The van der Waals surface area contributed by atoms with Crippen LogP contribution in [0, 0.1) is 17.3 Å². The van der Waals surface area contributed by atoms with E-state index >= 15 is 0 Å². The molecule has 1 saturated carbocycles. The Morgan fingerprint density at radius 1 is 1.46 bits per heavy atom. The molecule has 2 nitrogen and oxygen atoms in total. The maximum Gasteiger partial charge on any atom is 0.307 e. The van der Waals surface area contributed by atoms with Crippen molar-refractivity contribution in [3.05, 3.63) is 11.6 Å². The van der Waals surface area contributed by atoms with Crippen LogP contribution in [0.4, 0.5) is 0 Å². The molecule has 0 aromatic heterocycles. The number of carbonyl (C=O) groups is 1. The molecule has 0 bridgehead atoms. The zero-order valence-electron chi connectivity index (χ0n) is 8.79. The second kappa shape index (κ2) is 3.17. The Balaban J connectivity index is 2.77. The van der Waals surface area contributed by atoms with Gasteiger partial charge in [-0.15, -0.1) is 0 Å². The van der Waals surface area contributed by atoms with Crippen LogP contribution in [-0.2, 0) is 4.79 Å². The normalized spacial score (nSPS) is 30.5. The van der Waals surface area contributed by atoms with Crippen molar-refractivity contribution in [2.24, 2.45) is 17.3 Å². The summed E-state index contributed by atoms with van der Waals surface area (Å²) < 4.78 is 0. The zero-order valence-corrected chi connectivity index (χ0v) is 8.79. The van der Waals surface area contributed by atoms with Crippen LogP contribution >= 0.6 is 0 Å². The first-order valence-corrected chi connectivity index (χ1v) is 4.72. The Bertz CT molecular complexity index is 247. The van der Waals surface area contributed by atoms with Crippen LogP contribution in [0.1, 0.15) is 34.1 Å². The summed E-state index contributed by atoms with van der Waals surface area (Å²) in [4.78, 5) is 10.8. The maximum absolute atomic E-state index is 10.8. The monoisotopic (exact) mass is 182 g/mol. The largest absolute Gasteiger partial charge is 0.481 e. The van der Waals surface area contributed by atoms with Crippen LogP contribution in [0.3, 0.4) is 0 Å². The van der Waals surface area contributed by atoms with Crippen LogP contribution in [0.15, 0.2) is 11.6 Å². The number of allylic oxidation sites excluding steroid dienone is 2. The van der Waals surface area contributed by atoms with Crippen LogP contribution < -0.4 is 0 Å². The SMILES string of the molecule is CC(C)=C[C@H]1[C@@H](C(=O)O)CC1(C)C. The number of carboxylic acid groups (broad SMARTS) is 1. The van der Waals surface area contributed by atoms with Gasteiger partial charge in [0.1, 0.15) is 0 Å². The minimum Gasteiger partial charge on any atom is -0.481 e. The number of rotatable bonds is 2. The standard InChI is InChI=1S/C11H18O2/c1-7(2)5-9-8(10(12)13)6-11(9,3)4/h5,8-9H,6H2,1-4H3,(H,12,13)/t8-,9-/m0/s1. The third-order valence-corrected chi connectivity index (χ3v) is 2.91. The molecule has 1 aliphatic carbocycles. The fraction of sp³-hybridized carbons (Fsp3) is 0.727. The molecule has 0 aliphatic heterocycles. The highest BCUT2D eigenvalue weighted by molar-refractivity contribution is 5.72. The lowest BCUT2D eigenvalue weighted by Crippen LogP contribution is -2.46. The molecular formula is C11H18O2. The smallest absolute Gasteiger partial charge is 0.307 e. The molecule has 13 heavy (non-hydrogen) atoms. The topological polar surface area (TPSA) is 37.3 Å². The molecule has 74 valence electrons. The van der Waals surface area contributed by atoms with Gasteiger partial charge in [-0.05, 0) is 31.6 Å². The molecule has 0 aromatic carbocycles. The quantitative estimate of drug-likeness (QED) is 0.667. The van der Waals surface area contributed by atoms with E-state index in [2.05, 4.69) is 19.9 Å². The first kappa shape index (κ1) is 10.3. The molecule has 0 aromatic rings. The number of hydrogen-bond acceptors (Lipinski definition) is 1. The van der Waals surface area contributed by atoms with Gasteiger partial charge >= 0.3 is 5.97 Å². The summed E-state index contributed by atoms with van der Waals surface area (Å²) >= 11 is 0. The van der Waals surface area contributed by atoms with Crippen molar-refractivity contribution in [1.82, 2.24) is 0 Å². The minimum atomic E-state index is -0.651. The van der Waals surface area contributed by atoms with Crippen LogP contribution in [0.2, 0.25) is 0 Å². The number of carboxylic acids is 1. The molecule has 1 rings (SSSR count). The predicted molar refractivity (Wildman–Crippen MR) is 52.4 cm³/mol. The van der Waals surface area contributed by atoms with E-state index in [0.29, 0.717) is 0 Å². The Kier molecular flexibility index (Phi) is 2.51. The van der Waals surface area contributed by atoms with Gasteiger partial charge in [-0.3, -0.25) is 4.79 Å². The number of aliphatic carboxylic acids is 1. The summed E-state index contributed by atoms with van der Waals surface area (Å²) in [6, 6.07) is 0. The van der Waals surface area contributed by atoms with Gasteiger partial charge in [0, 0.05) is 0 Å². The van der Waals surface area contributed by atoms with E-state index in [1.807, 2.05) is 13.8 Å². The summed E-state index contributed by atoms with van der Waals surface area (Å²) in [5.41, 5.74) is 1.38. The Morgan fingerprint density at radius 3 is 2.31 bits per heavy atom. The highest BCUT2D eigenvalue weighted by atomic mass is 16.4. The minimum absolute atomic E-state index is 0.162. The Labute approximate surface area is 79.6 Å². The van der Waals surface area contributed by atoms with Crippen molar-refractivity contribution in [1.29, 1.82) is 0 Å². The summed E-state index contributed by atoms with van der Waals surface area (Å²) in [7, 11) is 0. The van der Waals surface area contributed by atoms with E-state index in [1.54, 1.807) is 0 Å². The first-order chi connectivity index (χ1) is 5.84. The van der Waals surface area contributed by atoms with E-state index < -0.39 is 5.97 Å². The van der Waals surface area contributed by atoms with E-state index in [-0.39, 0.29) is 17.3 Å². The average molecular weight is 182 g/mol.